The van der Waals surface area contributed by atoms with E-state index in [2.05, 4.69) is 36.4 Å². The fourth-order valence-corrected chi connectivity index (χ4v) is 2.42. The summed E-state index contributed by atoms with van der Waals surface area (Å²) in [6, 6.07) is 9.09. The number of rotatable bonds is 3. The molecular formula is C15H11BrN4O2. The molecule has 0 bridgehead atoms. The number of carbonyl (C=O) groups is 1. The van der Waals surface area contributed by atoms with Gasteiger partial charge in [-0.05, 0) is 52.7 Å². The Kier molecular flexibility index (Phi) is 3.97. The van der Waals surface area contributed by atoms with Gasteiger partial charge in [0, 0.05) is 22.4 Å². The molecule has 0 saturated heterocycles. The Morgan fingerprint density at radius 1 is 1.23 bits per heavy atom. The van der Waals surface area contributed by atoms with E-state index in [9.17, 15) is 4.79 Å². The number of aromatic nitrogens is 3. The van der Waals surface area contributed by atoms with Crippen LogP contribution in [0.5, 0.6) is 0 Å². The molecular weight excluding hydrogens is 348 g/mol. The van der Waals surface area contributed by atoms with Crippen LogP contribution in [0.4, 0.5) is 5.69 Å². The fourth-order valence-electron chi connectivity index (χ4n) is 1.83. The zero-order chi connectivity index (χ0) is 15.5. The van der Waals surface area contributed by atoms with Crippen molar-refractivity contribution in [2.45, 2.75) is 6.92 Å². The number of benzene rings is 1. The van der Waals surface area contributed by atoms with Crippen LogP contribution in [0.25, 0.3) is 11.4 Å². The van der Waals surface area contributed by atoms with Gasteiger partial charge >= 0.3 is 11.8 Å². The molecule has 1 amide bonds. The Morgan fingerprint density at radius 2 is 2.00 bits per heavy atom. The molecule has 2 aromatic heterocycles. The van der Waals surface area contributed by atoms with E-state index in [-0.39, 0.29) is 5.89 Å². The predicted molar refractivity (Wildman–Crippen MR) is 84.4 cm³/mol. The third kappa shape index (κ3) is 3.04. The number of aryl methyl sites for hydroxylation is 1. The highest BCUT2D eigenvalue weighted by atomic mass is 79.9. The Morgan fingerprint density at radius 3 is 2.73 bits per heavy atom. The lowest BCUT2D eigenvalue weighted by molar-refractivity contribution is 0.0981. The molecule has 0 aliphatic rings. The molecule has 3 aromatic rings. The topological polar surface area (TPSA) is 80.9 Å². The third-order valence-corrected chi connectivity index (χ3v) is 3.59. The van der Waals surface area contributed by atoms with E-state index in [1.54, 1.807) is 30.6 Å². The summed E-state index contributed by atoms with van der Waals surface area (Å²) in [5, 5.41) is 6.52. The first kappa shape index (κ1) is 14.4. The van der Waals surface area contributed by atoms with E-state index in [1.807, 2.05) is 19.1 Å². The van der Waals surface area contributed by atoms with Gasteiger partial charge in [-0.25, -0.2) is 0 Å². The second-order valence-corrected chi connectivity index (χ2v) is 5.45. The number of halogens is 1. The second kappa shape index (κ2) is 6.07. The highest BCUT2D eigenvalue weighted by molar-refractivity contribution is 9.10. The van der Waals surface area contributed by atoms with Crippen LogP contribution in [-0.2, 0) is 0 Å². The van der Waals surface area contributed by atoms with Gasteiger partial charge in [-0.1, -0.05) is 11.2 Å². The number of anilines is 1. The van der Waals surface area contributed by atoms with E-state index in [0.29, 0.717) is 11.5 Å². The van der Waals surface area contributed by atoms with Gasteiger partial charge in [0.1, 0.15) is 0 Å². The Hall–Kier alpha value is -2.54. The van der Waals surface area contributed by atoms with Crippen molar-refractivity contribution in [2.24, 2.45) is 0 Å². The Labute approximate surface area is 134 Å². The van der Waals surface area contributed by atoms with E-state index in [0.717, 1.165) is 15.6 Å². The number of nitrogens with one attached hydrogen (secondary N) is 1. The van der Waals surface area contributed by atoms with Gasteiger partial charge in [0.15, 0.2) is 0 Å². The molecule has 0 aliphatic heterocycles. The van der Waals surface area contributed by atoms with Crippen molar-refractivity contribution in [3.05, 3.63) is 58.7 Å². The highest BCUT2D eigenvalue weighted by Crippen LogP contribution is 2.24. The molecule has 0 saturated carbocycles. The molecule has 110 valence electrons. The molecule has 0 fully saturated rings. The van der Waals surface area contributed by atoms with Crippen LogP contribution >= 0.6 is 15.9 Å². The van der Waals surface area contributed by atoms with E-state index < -0.39 is 5.91 Å². The average molecular weight is 359 g/mol. The fraction of sp³-hybridized carbons (Fsp3) is 0.0667. The van der Waals surface area contributed by atoms with Gasteiger partial charge in [0.25, 0.3) is 0 Å². The number of hydrogen-bond donors (Lipinski definition) is 1. The Balaban J connectivity index is 1.80. The maximum Gasteiger partial charge on any atom is 0.316 e. The molecule has 0 radical (unpaired) electrons. The summed E-state index contributed by atoms with van der Waals surface area (Å²) in [7, 11) is 0. The number of pyridine rings is 1. The van der Waals surface area contributed by atoms with Crippen LogP contribution < -0.4 is 5.32 Å². The SMILES string of the molecule is Cc1ccc(NC(=O)c2nc(-c3ccncc3)no2)c(Br)c1. The maximum absolute atomic E-state index is 12.2. The molecule has 22 heavy (non-hydrogen) atoms. The van der Waals surface area contributed by atoms with Crippen molar-refractivity contribution in [3.8, 4) is 11.4 Å². The van der Waals surface area contributed by atoms with Crippen molar-refractivity contribution in [3.63, 3.8) is 0 Å². The summed E-state index contributed by atoms with van der Waals surface area (Å²) < 4.78 is 5.79. The van der Waals surface area contributed by atoms with Crippen molar-refractivity contribution < 1.29 is 9.32 Å². The summed E-state index contributed by atoms with van der Waals surface area (Å²) in [4.78, 5) is 20.2. The summed E-state index contributed by atoms with van der Waals surface area (Å²) in [6.07, 6.45) is 3.24. The molecule has 0 aliphatic carbocycles. The number of amides is 1. The zero-order valence-electron chi connectivity index (χ0n) is 11.6. The molecule has 0 unspecified atom stereocenters. The number of hydrogen-bond acceptors (Lipinski definition) is 5. The lowest BCUT2D eigenvalue weighted by Crippen LogP contribution is -2.12. The van der Waals surface area contributed by atoms with Crippen LogP contribution in [0.1, 0.15) is 16.2 Å². The van der Waals surface area contributed by atoms with E-state index in [1.165, 1.54) is 0 Å². The largest absolute Gasteiger partial charge is 0.328 e. The van der Waals surface area contributed by atoms with Crippen LogP contribution in [-0.4, -0.2) is 21.0 Å². The normalized spacial score (nSPS) is 10.5. The molecule has 1 N–H and O–H groups in total. The molecule has 0 spiro atoms. The molecule has 6 nitrogen and oxygen atoms in total. The minimum absolute atomic E-state index is 0.0979. The Bertz CT molecular complexity index is 817. The van der Waals surface area contributed by atoms with Crippen LogP contribution in [0.2, 0.25) is 0 Å². The molecule has 3 rings (SSSR count). The standard InChI is InChI=1S/C15H11BrN4O2/c1-9-2-3-12(11(16)8-9)18-14(21)15-19-13(20-22-15)10-4-6-17-7-5-10/h2-8H,1H3,(H,18,21). The quantitative estimate of drug-likeness (QED) is 0.775. The van der Waals surface area contributed by atoms with Gasteiger partial charge < -0.3 is 9.84 Å². The van der Waals surface area contributed by atoms with Gasteiger partial charge in [-0.15, -0.1) is 0 Å². The highest BCUT2D eigenvalue weighted by Gasteiger charge is 2.17. The monoisotopic (exact) mass is 358 g/mol. The smallest absolute Gasteiger partial charge is 0.316 e. The van der Waals surface area contributed by atoms with Gasteiger partial charge in [-0.2, -0.15) is 4.98 Å². The molecule has 1 aromatic carbocycles. The summed E-state index contributed by atoms with van der Waals surface area (Å²) in [6.45, 7) is 1.97. The van der Waals surface area contributed by atoms with Crippen molar-refractivity contribution in [1.82, 2.24) is 15.1 Å². The second-order valence-electron chi connectivity index (χ2n) is 4.60. The first-order valence-corrected chi connectivity index (χ1v) is 7.24. The molecule has 0 atom stereocenters. The predicted octanol–water partition coefficient (Wildman–Crippen LogP) is 3.45. The van der Waals surface area contributed by atoms with Crippen LogP contribution in [0.3, 0.4) is 0 Å². The number of carbonyl (C=O) groups excluding carboxylic acids is 1. The first-order chi connectivity index (χ1) is 10.6. The summed E-state index contributed by atoms with van der Waals surface area (Å²) in [5.41, 5.74) is 2.45. The lowest BCUT2D eigenvalue weighted by Gasteiger charge is -2.05. The first-order valence-electron chi connectivity index (χ1n) is 6.45. The summed E-state index contributed by atoms with van der Waals surface area (Å²) >= 11 is 3.40. The van der Waals surface area contributed by atoms with Gasteiger partial charge in [0.2, 0.25) is 5.82 Å². The minimum Gasteiger partial charge on any atom is -0.328 e. The van der Waals surface area contributed by atoms with Gasteiger partial charge in [0.05, 0.1) is 5.69 Å². The zero-order valence-corrected chi connectivity index (χ0v) is 13.2. The summed E-state index contributed by atoms with van der Waals surface area (Å²) in [5.74, 6) is -0.216. The van der Waals surface area contributed by atoms with Crippen LogP contribution in [0.15, 0.2) is 51.7 Å². The third-order valence-electron chi connectivity index (χ3n) is 2.93. The van der Waals surface area contributed by atoms with Crippen molar-refractivity contribution in [1.29, 1.82) is 0 Å². The van der Waals surface area contributed by atoms with Crippen molar-refractivity contribution >= 4 is 27.5 Å². The van der Waals surface area contributed by atoms with E-state index >= 15 is 0 Å². The minimum atomic E-state index is -0.461. The number of nitrogens with zero attached hydrogens (tertiary/aromatic N) is 3. The van der Waals surface area contributed by atoms with Gasteiger partial charge in [-0.3, -0.25) is 9.78 Å². The van der Waals surface area contributed by atoms with Crippen molar-refractivity contribution in [2.75, 3.05) is 5.32 Å². The molecule has 2 heterocycles. The maximum atomic E-state index is 12.2. The molecule has 7 heteroatoms. The van der Waals surface area contributed by atoms with E-state index in [4.69, 9.17) is 4.52 Å². The van der Waals surface area contributed by atoms with Crippen LogP contribution in [0, 0.1) is 6.92 Å². The average Bonchev–Trinajstić information content (AvgIpc) is 3.01. The lowest BCUT2D eigenvalue weighted by atomic mass is 10.2.